The van der Waals surface area contributed by atoms with Gasteiger partial charge in [-0.15, -0.1) is 0 Å². The predicted molar refractivity (Wildman–Crippen MR) is 76.1 cm³/mol. The maximum Gasteiger partial charge on any atom is 0.224 e. The van der Waals surface area contributed by atoms with E-state index in [9.17, 15) is 9.90 Å². The molecule has 0 spiro atoms. The molecular formula is C15H20ClNO2. The van der Waals surface area contributed by atoms with Gasteiger partial charge in [0, 0.05) is 23.6 Å². The van der Waals surface area contributed by atoms with Crippen LogP contribution in [0.3, 0.4) is 0 Å². The second kappa shape index (κ2) is 6.92. The lowest BCUT2D eigenvalue weighted by atomic mass is 9.85. The van der Waals surface area contributed by atoms with E-state index in [0.717, 1.165) is 31.2 Å². The van der Waals surface area contributed by atoms with Crippen molar-refractivity contribution in [3.05, 3.63) is 34.9 Å². The highest BCUT2D eigenvalue weighted by Gasteiger charge is 2.25. The van der Waals surface area contributed by atoms with Gasteiger partial charge < -0.3 is 10.4 Å². The summed E-state index contributed by atoms with van der Waals surface area (Å²) in [5, 5.41) is 13.1. The van der Waals surface area contributed by atoms with Gasteiger partial charge >= 0.3 is 0 Å². The summed E-state index contributed by atoms with van der Waals surface area (Å²) in [6.45, 7) is 0.159. The summed E-state index contributed by atoms with van der Waals surface area (Å²) in [6, 6.07) is 7.44. The number of nitrogens with one attached hydrogen (secondary N) is 1. The minimum absolute atomic E-state index is 0.0210. The van der Waals surface area contributed by atoms with E-state index < -0.39 is 0 Å². The number of rotatable bonds is 4. The van der Waals surface area contributed by atoms with Gasteiger partial charge in [0.15, 0.2) is 0 Å². The molecule has 1 saturated carbocycles. The van der Waals surface area contributed by atoms with E-state index in [-0.39, 0.29) is 24.5 Å². The highest BCUT2D eigenvalue weighted by Crippen LogP contribution is 2.24. The second-order valence-corrected chi connectivity index (χ2v) is 5.64. The molecule has 2 rings (SSSR count). The highest BCUT2D eigenvalue weighted by atomic mass is 35.5. The first-order valence-electron chi connectivity index (χ1n) is 6.83. The van der Waals surface area contributed by atoms with Gasteiger partial charge in [0.2, 0.25) is 5.91 Å². The summed E-state index contributed by atoms with van der Waals surface area (Å²) >= 11 is 5.81. The molecule has 2 unspecified atom stereocenters. The fraction of sp³-hybridized carbons (Fsp3) is 0.533. The molecule has 0 radical (unpaired) electrons. The zero-order chi connectivity index (χ0) is 13.7. The SMILES string of the molecule is O=C(Cc1ccc(Cl)cc1)NC1CCCCC1CO. The van der Waals surface area contributed by atoms with Crippen LogP contribution in [0.2, 0.25) is 5.02 Å². The Labute approximate surface area is 119 Å². The summed E-state index contributed by atoms with van der Waals surface area (Å²) in [7, 11) is 0. The predicted octanol–water partition coefficient (Wildman–Crippen LogP) is 2.55. The van der Waals surface area contributed by atoms with Crippen molar-refractivity contribution in [2.24, 2.45) is 5.92 Å². The van der Waals surface area contributed by atoms with E-state index in [4.69, 9.17) is 11.6 Å². The van der Waals surface area contributed by atoms with Crippen molar-refractivity contribution in [2.45, 2.75) is 38.1 Å². The number of aliphatic hydroxyl groups is 1. The average Bonchev–Trinajstić information content (AvgIpc) is 2.42. The number of aliphatic hydroxyl groups excluding tert-OH is 1. The van der Waals surface area contributed by atoms with Crippen LogP contribution in [0.25, 0.3) is 0 Å². The van der Waals surface area contributed by atoms with Crippen LogP contribution in [0.1, 0.15) is 31.2 Å². The van der Waals surface area contributed by atoms with Crippen LogP contribution in [0, 0.1) is 5.92 Å². The highest BCUT2D eigenvalue weighted by molar-refractivity contribution is 6.30. The van der Waals surface area contributed by atoms with Crippen LogP contribution >= 0.6 is 11.6 Å². The van der Waals surface area contributed by atoms with Crippen LogP contribution < -0.4 is 5.32 Å². The van der Waals surface area contributed by atoms with Crippen LogP contribution in [-0.4, -0.2) is 23.7 Å². The molecule has 1 amide bonds. The quantitative estimate of drug-likeness (QED) is 0.891. The lowest BCUT2D eigenvalue weighted by Crippen LogP contribution is -2.44. The minimum Gasteiger partial charge on any atom is -0.396 e. The van der Waals surface area contributed by atoms with Gasteiger partial charge in [0.1, 0.15) is 0 Å². The van der Waals surface area contributed by atoms with Gasteiger partial charge in [-0.3, -0.25) is 4.79 Å². The molecule has 1 aromatic carbocycles. The molecule has 19 heavy (non-hydrogen) atoms. The second-order valence-electron chi connectivity index (χ2n) is 5.20. The molecule has 2 atom stereocenters. The summed E-state index contributed by atoms with van der Waals surface area (Å²) in [5.41, 5.74) is 0.957. The lowest BCUT2D eigenvalue weighted by Gasteiger charge is -2.30. The van der Waals surface area contributed by atoms with Crippen LogP contribution in [0.5, 0.6) is 0 Å². The molecule has 0 saturated heterocycles. The molecular weight excluding hydrogens is 262 g/mol. The third-order valence-electron chi connectivity index (χ3n) is 3.77. The summed E-state index contributed by atoms with van der Waals surface area (Å²) < 4.78 is 0. The van der Waals surface area contributed by atoms with Crippen molar-refractivity contribution in [3.8, 4) is 0 Å². The Morgan fingerprint density at radius 1 is 1.26 bits per heavy atom. The van der Waals surface area contributed by atoms with Crippen molar-refractivity contribution in [1.82, 2.24) is 5.32 Å². The Bertz CT molecular complexity index is 419. The zero-order valence-corrected chi connectivity index (χ0v) is 11.7. The Morgan fingerprint density at radius 3 is 2.63 bits per heavy atom. The van der Waals surface area contributed by atoms with Crippen LogP contribution in [0.4, 0.5) is 0 Å². The summed E-state index contributed by atoms with van der Waals surface area (Å²) in [4.78, 5) is 12.0. The van der Waals surface area contributed by atoms with Gasteiger partial charge in [-0.05, 0) is 30.5 Å². The van der Waals surface area contributed by atoms with Crippen molar-refractivity contribution < 1.29 is 9.90 Å². The zero-order valence-electron chi connectivity index (χ0n) is 10.9. The summed E-state index contributed by atoms with van der Waals surface area (Å²) in [6.07, 6.45) is 4.61. The Balaban J connectivity index is 1.88. The molecule has 0 bridgehead atoms. The largest absolute Gasteiger partial charge is 0.396 e. The first-order valence-corrected chi connectivity index (χ1v) is 7.21. The summed E-state index contributed by atoms with van der Waals surface area (Å²) in [5.74, 6) is 0.232. The Kier molecular flexibility index (Phi) is 5.23. The number of hydrogen-bond acceptors (Lipinski definition) is 2. The van der Waals surface area contributed by atoms with E-state index in [1.807, 2.05) is 12.1 Å². The molecule has 0 aliphatic heterocycles. The van der Waals surface area contributed by atoms with Gasteiger partial charge in [0.25, 0.3) is 0 Å². The fourth-order valence-corrected chi connectivity index (χ4v) is 2.79. The number of benzene rings is 1. The van der Waals surface area contributed by atoms with E-state index in [0.29, 0.717) is 11.4 Å². The Hall–Kier alpha value is -1.06. The number of hydrogen-bond donors (Lipinski definition) is 2. The molecule has 1 aliphatic rings. The first-order chi connectivity index (χ1) is 9.19. The van der Waals surface area contributed by atoms with Crippen molar-refractivity contribution >= 4 is 17.5 Å². The third-order valence-corrected chi connectivity index (χ3v) is 4.02. The number of amides is 1. The molecule has 0 heterocycles. The first kappa shape index (κ1) is 14.4. The maximum atomic E-state index is 12.0. The van der Waals surface area contributed by atoms with Crippen LogP contribution in [-0.2, 0) is 11.2 Å². The maximum absolute atomic E-state index is 12.0. The van der Waals surface area contributed by atoms with Crippen molar-refractivity contribution in [1.29, 1.82) is 0 Å². The number of halogens is 1. The molecule has 4 heteroatoms. The number of carbonyl (C=O) groups excluding carboxylic acids is 1. The van der Waals surface area contributed by atoms with Crippen LogP contribution in [0.15, 0.2) is 24.3 Å². The standard InChI is InChI=1S/C15H20ClNO2/c16-13-7-5-11(6-8-13)9-15(19)17-14-4-2-1-3-12(14)10-18/h5-8,12,14,18H,1-4,9-10H2,(H,17,19). The monoisotopic (exact) mass is 281 g/mol. The van der Waals surface area contributed by atoms with Gasteiger partial charge in [-0.25, -0.2) is 0 Å². The normalized spacial score (nSPS) is 23.1. The Morgan fingerprint density at radius 2 is 1.95 bits per heavy atom. The molecule has 3 nitrogen and oxygen atoms in total. The molecule has 2 N–H and O–H groups in total. The lowest BCUT2D eigenvalue weighted by molar-refractivity contribution is -0.121. The van der Waals surface area contributed by atoms with E-state index >= 15 is 0 Å². The topological polar surface area (TPSA) is 49.3 Å². The molecule has 1 fully saturated rings. The molecule has 1 aliphatic carbocycles. The third kappa shape index (κ3) is 4.22. The molecule has 1 aromatic rings. The van der Waals surface area contributed by atoms with Crippen molar-refractivity contribution in [2.75, 3.05) is 6.61 Å². The molecule has 104 valence electrons. The van der Waals surface area contributed by atoms with Gasteiger partial charge in [0.05, 0.1) is 6.42 Å². The van der Waals surface area contributed by atoms with E-state index in [2.05, 4.69) is 5.32 Å². The molecule has 0 aromatic heterocycles. The van der Waals surface area contributed by atoms with Gasteiger partial charge in [-0.1, -0.05) is 36.6 Å². The van der Waals surface area contributed by atoms with E-state index in [1.54, 1.807) is 12.1 Å². The fourth-order valence-electron chi connectivity index (χ4n) is 2.66. The van der Waals surface area contributed by atoms with E-state index in [1.165, 1.54) is 0 Å². The van der Waals surface area contributed by atoms with Crippen molar-refractivity contribution in [3.63, 3.8) is 0 Å². The minimum atomic E-state index is 0.0210. The average molecular weight is 282 g/mol. The smallest absolute Gasteiger partial charge is 0.224 e. The number of carbonyl (C=O) groups is 1. The van der Waals surface area contributed by atoms with Gasteiger partial charge in [-0.2, -0.15) is 0 Å².